The molecule has 0 aliphatic heterocycles. The van der Waals surface area contributed by atoms with Crippen molar-refractivity contribution >= 4 is 15.9 Å². The summed E-state index contributed by atoms with van der Waals surface area (Å²) >= 11 is 3.36. The lowest BCUT2D eigenvalue weighted by Crippen LogP contribution is -2.22. The highest BCUT2D eigenvalue weighted by atomic mass is 79.9. The van der Waals surface area contributed by atoms with Crippen molar-refractivity contribution in [2.45, 2.75) is 39.4 Å². The van der Waals surface area contributed by atoms with E-state index in [2.05, 4.69) is 22.9 Å². The van der Waals surface area contributed by atoms with E-state index in [9.17, 15) is 0 Å². The second kappa shape index (κ2) is 8.02. The molecule has 0 heterocycles. The van der Waals surface area contributed by atoms with Crippen molar-refractivity contribution in [2.24, 2.45) is 0 Å². The average Bonchev–Trinajstić information content (AvgIpc) is 2.05. The fourth-order valence-corrected chi connectivity index (χ4v) is 1.02. The lowest BCUT2D eigenvalue weighted by Gasteiger charge is -2.17. The molecule has 0 rings (SSSR count). The van der Waals surface area contributed by atoms with Gasteiger partial charge in [0, 0.05) is 11.9 Å². The van der Waals surface area contributed by atoms with Crippen molar-refractivity contribution in [1.82, 2.24) is 0 Å². The fourth-order valence-electron chi connectivity index (χ4n) is 0.866. The average molecular weight is 239 g/mol. The van der Waals surface area contributed by atoms with Crippen molar-refractivity contribution in [1.29, 1.82) is 0 Å². The number of hydrogen-bond acceptors (Lipinski definition) is 2. The Balaban J connectivity index is 3.26. The molecule has 0 aromatic heterocycles. The number of hydrogen-bond donors (Lipinski definition) is 0. The molecule has 0 aromatic rings. The summed E-state index contributed by atoms with van der Waals surface area (Å²) in [6.45, 7) is 7.72. The van der Waals surface area contributed by atoms with Gasteiger partial charge in [0.15, 0.2) is 0 Å². The normalized spacial score (nSPS) is 16.0. The maximum atomic E-state index is 5.57. The van der Waals surface area contributed by atoms with Crippen LogP contribution in [0.1, 0.15) is 27.2 Å². The highest BCUT2D eigenvalue weighted by molar-refractivity contribution is 9.09. The largest absolute Gasteiger partial charge is 0.379 e. The molecule has 12 heavy (non-hydrogen) atoms. The molecule has 0 saturated carbocycles. The van der Waals surface area contributed by atoms with E-state index in [1.807, 2.05) is 13.8 Å². The molecular formula is C9H19BrO2. The monoisotopic (exact) mass is 238 g/mol. The molecule has 0 amide bonds. The lowest BCUT2D eigenvalue weighted by atomic mass is 10.4. The first-order valence-electron chi connectivity index (χ1n) is 4.49. The lowest BCUT2D eigenvalue weighted by molar-refractivity contribution is -0.0326. The van der Waals surface area contributed by atoms with E-state index in [-0.39, 0.29) is 12.2 Å². The second-order valence-electron chi connectivity index (χ2n) is 2.99. The van der Waals surface area contributed by atoms with Crippen LogP contribution < -0.4 is 0 Å². The first-order valence-corrected chi connectivity index (χ1v) is 5.62. The van der Waals surface area contributed by atoms with Crippen LogP contribution in [0.15, 0.2) is 0 Å². The Kier molecular flexibility index (Phi) is 8.29. The molecule has 0 aromatic carbocycles. The Bertz CT molecular complexity index is 98.5. The fraction of sp³-hybridized carbons (Fsp3) is 1.00. The van der Waals surface area contributed by atoms with E-state index in [1.54, 1.807) is 0 Å². The quantitative estimate of drug-likeness (QED) is 0.502. The van der Waals surface area contributed by atoms with Gasteiger partial charge in [-0.1, -0.05) is 22.9 Å². The highest BCUT2D eigenvalue weighted by Gasteiger charge is 2.06. The number of alkyl halides is 1. The molecule has 2 nitrogen and oxygen atoms in total. The molecule has 2 atom stereocenters. The van der Waals surface area contributed by atoms with Crippen LogP contribution >= 0.6 is 15.9 Å². The van der Waals surface area contributed by atoms with Crippen molar-refractivity contribution in [2.75, 3.05) is 18.5 Å². The van der Waals surface area contributed by atoms with E-state index in [0.717, 1.165) is 18.4 Å². The van der Waals surface area contributed by atoms with E-state index in [4.69, 9.17) is 9.47 Å². The molecule has 0 fully saturated rings. The first-order chi connectivity index (χ1) is 5.70. The molecular weight excluding hydrogens is 220 g/mol. The third kappa shape index (κ3) is 7.07. The molecule has 0 saturated heterocycles. The topological polar surface area (TPSA) is 18.5 Å². The third-order valence-corrected chi connectivity index (χ3v) is 2.29. The molecule has 0 bridgehead atoms. The van der Waals surface area contributed by atoms with Crippen LogP contribution in [0.4, 0.5) is 0 Å². The first kappa shape index (κ1) is 12.4. The van der Waals surface area contributed by atoms with Gasteiger partial charge in [0.05, 0.1) is 18.8 Å². The third-order valence-electron chi connectivity index (χ3n) is 1.38. The van der Waals surface area contributed by atoms with Crippen molar-refractivity contribution in [3.8, 4) is 0 Å². The maximum absolute atomic E-state index is 5.57. The van der Waals surface area contributed by atoms with Gasteiger partial charge < -0.3 is 9.47 Å². The van der Waals surface area contributed by atoms with Crippen molar-refractivity contribution in [3.05, 3.63) is 0 Å². The van der Waals surface area contributed by atoms with Crippen LogP contribution in [0.3, 0.4) is 0 Å². The smallest absolute Gasteiger partial charge is 0.0784 e. The van der Waals surface area contributed by atoms with E-state index < -0.39 is 0 Å². The molecule has 0 N–H and O–H groups in total. The van der Waals surface area contributed by atoms with Crippen molar-refractivity contribution < 1.29 is 9.47 Å². The van der Waals surface area contributed by atoms with Gasteiger partial charge in [-0.25, -0.2) is 0 Å². The minimum absolute atomic E-state index is 0.198. The summed E-state index contributed by atoms with van der Waals surface area (Å²) in [7, 11) is 0. The van der Waals surface area contributed by atoms with Gasteiger partial charge in [0.25, 0.3) is 0 Å². The van der Waals surface area contributed by atoms with Crippen LogP contribution in [-0.2, 0) is 9.47 Å². The van der Waals surface area contributed by atoms with Crippen LogP contribution in [0.25, 0.3) is 0 Å². The number of ether oxygens (including phenoxy) is 2. The summed E-state index contributed by atoms with van der Waals surface area (Å²) in [6, 6.07) is 0. The van der Waals surface area contributed by atoms with Gasteiger partial charge in [0.2, 0.25) is 0 Å². The Morgan fingerprint density at radius 3 is 2.42 bits per heavy atom. The zero-order valence-electron chi connectivity index (χ0n) is 8.18. The second-order valence-corrected chi connectivity index (χ2v) is 3.63. The Morgan fingerprint density at radius 2 is 1.92 bits per heavy atom. The van der Waals surface area contributed by atoms with Gasteiger partial charge in [0.1, 0.15) is 0 Å². The van der Waals surface area contributed by atoms with Gasteiger partial charge in [-0.05, 0) is 20.3 Å². The van der Waals surface area contributed by atoms with Crippen LogP contribution in [0.5, 0.6) is 0 Å². The van der Waals surface area contributed by atoms with E-state index >= 15 is 0 Å². The highest BCUT2D eigenvalue weighted by Crippen LogP contribution is 2.01. The molecule has 2 unspecified atom stereocenters. The molecule has 0 spiro atoms. The Morgan fingerprint density at radius 1 is 1.25 bits per heavy atom. The standard InChI is InChI=1S/C9H19BrO2/c1-4-5-11-7-9(3)12-8(2)6-10/h8-9H,4-7H2,1-3H3. The number of rotatable bonds is 7. The van der Waals surface area contributed by atoms with E-state index in [1.165, 1.54) is 0 Å². The van der Waals surface area contributed by atoms with Crippen LogP contribution in [-0.4, -0.2) is 30.8 Å². The zero-order valence-corrected chi connectivity index (χ0v) is 9.76. The molecule has 0 aliphatic rings. The minimum atomic E-state index is 0.198. The predicted octanol–water partition coefficient (Wildman–Crippen LogP) is 2.60. The van der Waals surface area contributed by atoms with Crippen LogP contribution in [0, 0.1) is 0 Å². The Hall–Kier alpha value is 0.400. The molecule has 3 heteroatoms. The molecule has 0 aliphatic carbocycles. The minimum Gasteiger partial charge on any atom is -0.379 e. The summed E-state index contributed by atoms with van der Waals surface area (Å²) in [5, 5.41) is 0.880. The zero-order chi connectivity index (χ0) is 9.40. The summed E-state index contributed by atoms with van der Waals surface area (Å²) in [6.07, 6.45) is 1.54. The molecule has 0 radical (unpaired) electrons. The SMILES string of the molecule is CCCOCC(C)OC(C)CBr. The predicted molar refractivity (Wildman–Crippen MR) is 54.9 cm³/mol. The van der Waals surface area contributed by atoms with Gasteiger partial charge in [-0.15, -0.1) is 0 Å². The van der Waals surface area contributed by atoms with Gasteiger partial charge >= 0.3 is 0 Å². The van der Waals surface area contributed by atoms with Gasteiger partial charge in [-0.3, -0.25) is 0 Å². The maximum Gasteiger partial charge on any atom is 0.0784 e. The van der Waals surface area contributed by atoms with Crippen molar-refractivity contribution in [3.63, 3.8) is 0 Å². The summed E-state index contributed by atoms with van der Waals surface area (Å²) in [5.74, 6) is 0. The summed E-state index contributed by atoms with van der Waals surface area (Å²) in [4.78, 5) is 0. The van der Waals surface area contributed by atoms with Gasteiger partial charge in [-0.2, -0.15) is 0 Å². The summed E-state index contributed by atoms with van der Waals surface area (Å²) < 4.78 is 10.9. The van der Waals surface area contributed by atoms with E-state index in [0.29, 0.717) is 6.61 Å². The summed E-state index contributed by atoms with van der Waals surface area (Å²) in [5.41, 5.74) is 0. The van der Waals surface area contributed by atoms with Crippen LogP contribution in [0.2, 0.25) is 0 Å². The Labute approximate surface area is 83.8 Å². The molecule has 74 valence electrons. The number of halogens is 1.